The number of hydrogen-bond donors (Lipinski definition) is 2. The van der Waals surface area contributed by atoms with Crippen molar-refractivity contribution < 1.29 is 9.53 Å². The Morgan fingerprint density at radius 3 is 2.53 bits per heavy atom. The van der Waals surface area contributed by atoms with Gasteiger partial charge in [-0.15, -0.1) is 0 Å². The van der Waals surface area contributed by atoms with Crippen LogP contribution in [0.1, 0.15) is 12.8 Å². The summed E-state index contributed by atoms with van der Waals surface area (Å²) in [5.41, 5.74) is 6.01. The molecule has 4 nitrogen and oxygen atoms in total. The molecule has 92 valence electrons. The fourth-order valence-electron chi connectivity index (χ4n) is 1.35. The number of carbonyl (C=O) groups is 1. The molecule has 0 radical (unpaired) electrons. The Bertz CT molecular complexity index is 424. The van der Waals surface area contributed by atoms with E-state index in [4.69, 9.17) is 33.7 Å². The van der Waals surface area contributed by atoms with Crippen molar-refractivity contribution in [1.29, 1.82) is 0 Å². The summed E-state index contributed by atoms with van der Waals surface area (Å²) in [5.74, 6) is 0.116. The number of carbonyl (C=O) groups excluding carboxylic acids is 1. The second-order valence-corrected chi connectivity index (χ2v) is 4.76. The normalized spacial score (nSPS) is 14.5. The molecule has 0 heterocycles. The smallest absolute Gasteiger partial charge is 0.258 e. The largest absolute Gasteiger partial charge is 0.481 e. The number of hydrogen-bond acceptors (Lipinski definition) is 3. The first kappa shape index (κ1) is 12.3. The molecule has 2 rings (SSSR count). The summed E-state index contributed by atoms with van der Waals surface area (Å²) in [6.07, 6.45) is 2.07. The van der Waals surface area contributed by atoms with Crippen molar-refractivity contribution in [2.75, 3.05) is 12.3 Å². The van der Waals surface area contributed by atoms with Crippen LogP contribution in [0, 0.1) is 0 Å². The summed E-state index contributed by atoms with van der Waals surface area (Å²) in [5, 5.41) is 3.40. The highest BCUT2D eigenvalue weighted by Gasteiger charge is 2.23. The van der Waals surface area contributed by atoms with Crippen LogP contribution in [0.3, 0.4) is 0 Å². The van der Waals surface area contributed by atoms with E-state index in [1.807, 2.05) is 0 Å². The number of halogens is 2. The molecule has 17 heavy (non-hydrogen) atoms. The van der Waals surface area contributed by atoms with Crippen LogP contribution < -0.4 is 15.8 Å². The summed E-state index contributed by atoms with van der Waals surface area (Å²) >= 11 is 11.8. The van der Waals surface area contributed by atoms with Crippen molar-refractivity contribution in [1.82, 2.24) is 5.32 Å². The van der Waals surface area contributed by atoms with Crippen LogP contribution >= 0.6 is 23.2 Å². The van der Waals surface area contributed by atoms with Gasteiger partial charge in [-0.2, -0.15) is 0 Å². The first-order valence-electron chi connectivity index (χ1n) is 5.23. The van der Waals surface area contributed by atoms with E-state index in [2.05, 4.69) is 5.32 Å². The molecule has 1 aromatic rings. The number of nitrogens with two attached hydrogens (primary N) is 1. The second-order valence-electron chi connectivity index (χ2n) is 3.94. The average Bonchev–Trinajstić information content (AvgIpc) is 2.99. The Morgan fingerprint density at radius 1 is 1.41 bits per heavy atom. The highest BCUT2D eigenvalue weighted by molar-refractivity contribution is 6.37. The molecule has 0 saturated heterocycles. The maximum atomic E-state index is 11.4. The van der Waals surface area contributed by atoms with E-state index >= 15 is 0 Å². The molecule has 0 aliphatic heterocycles. The minimum absolute atomic E-state index is 0.0974. The number of anilines is 1. The van der Waals surface area contributed by atoms with Gasteiger partial charge >= 0.3 is 0 Å². The fourth-order valence-corrected chi connectivity index (χ4v) is 1.97. The van der Waals surface area contributed by atoms with Gasteiger partial charge in [0.2, 0.25) is 0 Å². The molecule has 6 heteroatoms. The number of ether oxygens (including phenoxy) is 1. The molecule has 0 unspecified atom stereocenters. The zero-order chi connectivity index (χ0) is 12.4. The standard InChI is InChI=1S/C11H12Cl2N2O2/c12-8-3-6(14)4-9(13)11(8)17-5-10(16)15-7-1-2-7/h3-4,7H,1-2,5,14H2,(H,15,16). The van der Waals surface area contributed by atoms with Gasteiger partial charge in [-0.3, -0.25) is 4.79 Å². The molecular formula is C11H12Cl2N2O2. The lowest BCUT2D eigenvalue weighted by molar-refractivity contribution is -0.123. The van der Waals surface area contributed by atoms with Crippen LogP contribution in [0.5, 0.6) is 5.75 Å². The minimum Gasteiger partial charge on any atom is -0.481 e. The van der Waals surface area contributed by atoms with E-state index in [1.165, 1.54) is 12.1 Å². The van der Waals surface area contributed by atoms with Crippen molar-refractivity contribution >= 4 is 34.8 Å². The summed E-state index contributed by atoms with van der Waals surface area (Å²) in [6, 6.07) is 3.37. The molecule has 1 fully saturated rings. The Kier molecular flexibility index (Phi) is 3.64. The van der Waals surface area contributed by atoms with E-state index < -0.39 is 0 Å². The molecule has 1 aliphatic carbocycles. The van der Waals surface area contributed by atoms with E-state index in [-0.39, 0.29) is 18.3 Å². The highest BCUT2D eigenvalue weighted by atomic mass is 35.5. The first-order chi connectivity index (χ1) is 8.06. The molecule has 0 bridgehead atoms. The maximum absolute atomic E-state index is 11.4. The van der Waals surface area contributed by atoms with E-state index in [0.29, 0.717) is 21.8 Å². The van der Waals surface area contributed by atoms with Crippen molar-refractivity contribution in [3.63, 3.8) is 0 Å². The fraction of sp³-hybridized carbons (Fsp3) is 0.364. The van der Waals surface area contributed by atoms with Crippen molar-refractivity contribution in [2.45, 2.75) is 18.9 Å². The van der Waals surface area contributed by atoms with Crippen molar-refractivity contribution in [2.24, 2.45) is 0 Å². The Morgan fingerprint density at radius 2 is 2.00 bits per heavy atom. The maximum Gasteiger partial charge on any atom is 0.258 e. The van der Waals surface area contributed by atoms with Gasteiger partial charge in [0.1, 0.15) is 0 Å². The monoisotopic (exact) mass is 274 g/mol. The van der Waals surface area contributed by atoms with Crippen molar-refractivity contribution in [3.05, 3.63) is 22.2 Å². The second kappa shape index (κ2) is 5.02. The van der Waals surface area contributed by atoms with Crippen LogP contribution in [0.4, 0.5) is 5.69 Å². The first-order valence-corrected chi connectivity index (χ1v) is 5.98. The van der Waals surface area contributed by atoms with Crippen molar-refractivity contribution in [3.8, 4) is 5.75 Å². The van der Waals surface area contributed by atoms with Gasteiger partial charge in [0.15, 0.2) is 12.4 Å². The van der Waals surface area contributed by atoms with Crippen LogP contribution in [-0.4, -0.2) is 18.6 Å². The van der Waals surface area contributed by atoms with Gasteiger partial charge in [0.05, 0.1) is 10.0 Å². The molecule has 0 spiro atoms. The molecule has 0 aromatic heterocycles. The summed E-state index contributed by atoms with van der Waals surface area (Å²) in [6.45, 7) is -0.0974. The lowest BCUT2D eigenvalue weighted by Gasteiger charge is -2.10. The lowest BCUT2D eigenvalue weighted by atomic mass is 10.3. The van der Waals surface area contributed by atoms with Crippen LogP contribution in [-0.2, 0) is 4.79 Å². The summed E-state index contributed by atoms with van der Waals surface area (Å²) < 4.78 is 5.28. The van der Waals surface area contributed by atoms with E-state index in [9.17, 15) is 4.79 Å². The Labute approximate surface area is 109 Å². The van der Waals surface area contributed by atoms with Crippen LogP contribution in [0.15, 0.2) is 12.1 Å². The third-order valence-electron chi connectivity index (χ3n) is 2.31. The van der Waals surface area contributed by atoms with Crippen LogP contribution in [0.2, 0.25) is 10.0 Å². The minimum atomic E-state index is -0.170. The number of nitrogen functional groups attached to an aromatic ring is 1. The summed E-state index contributed by atoms with van der Waals surface area (Å²) in [4.78, 5) is 11.4. The lowest BCUT2D eigenvalue weighted by Crippen LogP contribution is -2.30. The van der Waals surface area contributed by atoms with Gasteiger partial charge in [-0.05, 0) is 25.0 Å². The van der Waals surface area contributed by atoms with Gasteiger partial charge in [0.25, 0.3) is 5.91 Å². The highest BCUT2D eigenvalue weighted by Crippen LogP contribution is 2.35. The number of rotatable bonds is 4. The van der Waals surface area contributed by atoms with Crippen LogP contribution in [0.25, 0.3) is 0 Å². The van der Waals surface area contributed by atoms with Gasteiger partial charge in [-0.1, -0.05) is 23.2 Å². The molecule has 1 saturated carbocycles. The predicted molar refractivity (Wildman–Crippen MR) is 67.5 cm³/mol. The zero-order valence-electron chi connectivity index (χ0n) is 9.00. The third kappa shape index (κ3) is 3.41. The molecule has 0 atom stereocenters. The topological polar surface area (TPSA) is 64.3 Å². The Balaban J connectivity index is 1.95. The van der Waals surface area contributed by atoms with Gasteiger partial charge in [0, 0.05) is 11.7 Å². The van der Waals surface area contributed by atoms with Gasteiger partial charge < -0.3 is 15.8 Å². The quantitative estimate of drug-likeness (QED) is 0.828. The Hall–Kier alpha value is -1.13. The molecule has 1 aromatic carbocycles. The average molecular weight is 275 g/mol. The summed E-state index contributed by atoms with van der Waals surface area (Å²) in [7, 11) is 0. The molecule has 1 amide bonds. The molecular weight excluding hydrogens is 263 g/mol. The zero-order valence-corrected chi connectivity index (χ0v) is 10.5. The number of amides is 1. The molecule has 1 aliphatic rings. The molecule has 3 N–H and O–H groups in total. The predicted octanol–water partition coefficient (Wildman–Crippen LogP) is 2.23. The number of nitrogens with one attached hydrogen (secondary N) is 1. The number of benzene rings is 1. The van der Waals surface area contributed by atoms with E-state index in [1.54, 1.807) is 0 Å². The van der Waals surface area contributed by atoms with Gasteiger partial charge in [-0.25, -0.2) is 0 Å². The SMILES string of the molecule is Nc1cc(Cl)c(OCC(=O)NC2CC2)c(Cl)c1. The third-order valence-corrected chi connectivity index (χ3v) is 2.87. The van der Waals surface area contributed by atoms with E-state index in [0.717, 1.165) is 12.8 Å².